The highest BCUT2D eigenvalue weighted by Gasteiger charge is 2.45. The van der Waals surface area contributed by atoms with Crippen LogP contribution in [0, 0.1) is 0 Å². The van der Waals surface area contributed by atoms with Crippen molar-refractivity contribution in [3.05, 3.63) is 65.6 Å². The Morgan fingerprint density at radius 3 is 0.768 bits per heavy atom. The summed E-state index contributed by atoms with van der Waals surface area (Å²) in [6.07, 6.45) is 2.73. The van der Waals surface area contributed by atoms with E-state index in [2.05, 4.69) is 0 Å². The second kappa shape index (κ2) is 30.4. The third kappa shape index (κ3) is 12.9. The van der Waals surface area contributed by atoms with Crippen LogP contribution in [0.2, 0.25) is 0 Å². The van der Waals surface area contributed by atoms with E-state index < -0.39 is 0 Å². The smallest absolute Gasteiger partial charge is 0.177 e. The Hall–Kier alpha value is -2.64. The molecule has 0 fully saturated rings. The third-order valence-electron chi connectivity index (χ3n) is 10.5. The predicted octanol–water partition coefficient (Wildman–Crippen LogP) is 14.6. The van der Waals surface area contributed by atoms with Gasteiger partial charge in [-0.1, -0.05) is 83.1 Å². The van der Waals surface area contributed by atoms with Crippen LogP contribution >= 0.6 is 69.7 Å². The highest BCUT2D eigenvalue weighted by molar-refractivity contribution is 8.01. The molecule has 0 amide bonds. The zero-order valence-electron chi connectivity index (χ0n) is 43.1. The molecule has 0 saturated heterocycles. The average molecular weight is 1080 g/mol. The number of rotatable bonds is 4. The molecular formula is C51H78O12S6. The summed E-state index contributed by atoms with van der Waals surface area (Å²) in [6.45, 7) is 31.8. The molecule has 0 spiro atoms. The van der Waals surface area contributed by atoms with Gasteiger partial charge in [-0.05, 0) is 0 Å². The number of thiophene rings is 2. The summed E-state index contributed by atoms with van der Waals surface area (Å²) in [6, 6.07) is 0. The maximum atomic E-state index is 6.26. The Balaban J connectivity index is 0.000000213. The van der Waals surface area contributed by atoms with Gasteiger partial charge in [-0.2, -0.15) is 0 Å². The molecule has 0 bridgehead atoms. The molecular weight excluding hydrogens is 997 g/mol. The molecule has 4 unspecified atom stereocenters. The monoisotopic (exact) mass is 1070 g/mol. The van der Waals surface area contributed by atoms with E-state index in [0.29, 0.717) is 66.1 Å². The van der Waals surface area contributed by atoms with Gasteiger partial charge in [-0.3, -0.25) is 0 Å². The Kier molecular flexibility index (Phi) is 25.2. The van der Waals surface area contributed by atoms with Crippen LogP contribution in [-0.4, -0.2) is 102 Å². The van der Waals surface area contributed by atoms with Gasteiger partial charge < -0.3 is 56.8 Å². The molecule has 12 rings (SSSR count). The number of thioether (sulfide) groups is 4. The number of hydrogen-bond acceptors (Lipinski definition) is 18. The van der Waals surface area contributed by atoms with Crippen LogP contribution in [0.3, 0.4) is 0 Å². The number of fused-ring (bicyclic) bond motifs is 2. The van der Waals surface area contributed by atoms with E-state index in [1.165, 1.54) is 9.75 Å². The van der Waals surface area contributed by atoms with E-state index in [1.807, 2.05) is 130 Å². The standard InChI is InChI=1S/C21H24O6S3.C18H18O6S3.6C2H6/c1-4-22-12-10-28-18(14(12)24-6-1)20-16-17(27-9-3-8-26-16)21(30-20)19-15-13(11-29-19)23-5-2-7-25-15;1-3-21-11-9(19-1)7-25-15(11)17-13-14(24-6-5-23-13)18(27-17)16-12-10(8-26-16)20-2-4-22-12;6*1-2/h18-19H,1-11H2;15-16H,1-8H2;6*1-2H3. The minimum atomic E-state index is 0.0958. The minimum absolute atomic E-state index is 0.0958. The van der Waals surface area contributed by atoms with E-state index >= 15 is 0 Å². The van der Waals surface area contributed by atoms with Crippen molar-refractivity contribution in [1.29, 1.82) is 0 Å². The molecule has 0 saturated carbocycles. The molecule has 0 radical (unpaired) electrons. The Labute approximate surface area is 438 Å². The van der Waals surface area contributed by atoms with Crippen LogP contribution in [0.1, 0.15) is 143 Å². The Morgan fingerprint density at radius 2 is 0.464 bits per heavy atom. The fourth-order valence-corrected chi connectivity index (χ4v) is 16.3. The first-order chi connectivity index (χ1) is 34.3. The van der Waals surface area contributed by atoms with Gasteiger partial charge in [0.05, 0.1) is 82.2 Å². The minimum Gasteiger partial charge on any atom is -0.493 e. The second-order valence-electron chi connectivity index (χ2n) is 14.1. The molecule has 10 aliphatic rings. The van der Waals surface area contributed by atoms with Gasteiger partial charge in [0.2, 0.25) is 0 Å². The van der Waals surface area contributed by atoms with Gasteiger partial charge in [0, 0.05) is 19.3 Å². The predicted molar refractivity (Wildman–Crippen MR) is 289 cm³/mol. The highest BCUT2D eigenvalue weighted by atomic mass is 32.2. The molecule has 0 aliphatic carbocycles. The molecule has 18 heteroatoms. The lowest BCUT2D eigenvalue weighted by molar-refractivity contribution is 0.0638. The highest BCUT2D eigenvalue weighted by Crippen LogP contribution is 2.62. The lowest BCUT2D eigenvalue weighted by Gasteiger charge is -2.22. The van der Waals surface area contributed by atoms with Crippen LogP contribution in [0.15, 0.2) is 46.1 Å². The third-order valence-corrected chi connectivity index (χ3v) is 18.5. The first kappa shape index (κ1) is 57.3. The van der Waals surface area contributed by atoms with E-state index in [9.17, 15) is 0 Å². The van der Waals surface area contributed by atoms with E-state index in [1.54, 1.807) is 22.7 Å². The first-order valence-electron chi connectivity index (χ1n) is 25.6. The van der Waals surface area contributed by atoms with Gasteiger partial charge in [0.1, 0.15) is 83.7 Å². The maximum Gasteiger partial charge on any atom is 0.177 e. The molecule has 69 heavy (non-hydrogen) atoms. The van der Waals surface area contributed by atoms with Crippen LogP contribution < -0.4 is 18.9 Å². The van der Waals surface area contributed by atoms with Crippen molar-refractivity contribution >= 4 is 69.7 Å². The Morgan fingerprint density at radius 1 is 0.261 bits per heavy atom. The van der Waals surface area contributed by atoms with E-state index in [-0.39, 0.29) is 21.0 Å². The van der Waals surface area contributed by atoms with Crippen molar-refractivity contribution < 1.29 is 56.8 Å². The van der Waals surface area contributed by atoms with Gasteiger partial charge in [-0.25, -0.2) is 0 Å². The molecule has 4 atom stereocenters. The fourth-order valence-electron chi connectivity index (χ4n) is 7.97. The van der Waals surface area contributed by atoms with Crippen LogP contribution in [-0.2, 0) is 37.9 Å². The molecule has 390 valence electrons. The van der Waals surface area contributed by atoms with E-state index in [0.717, 1.165) is 134 Å². The van der Waals surface area contributed by atoms with Crippen molar-refractivity contribution in [2.45, 2.75) is 123 Å². The zero-order chi connectivity index (χ0) is 49.7. The summed E-state index contributed by atoms with van der Waals surface area (Å²) in [5.74, 6) is 14.6. The summed E-state index contributed by atoms with van der Waals surface area (Å²) >= 11 is 10.9. The summed E-state index contributed by atoms with van der Waals surface area (Å²) in [7, 11) is 0. The molecule has 10 aliphatic heterocycles. The van der Waals surface area contributed by atoms with Crippen molar-refractivity contribution in [2.75, 3.05) is 102 Å². The van der Waals surface area contributed by atoms with Crippen molar-refractivity contribution in [2.24, 2.45) is 0 Å². The van der Waals surface area contributed by atoms with Gasteiger partial charge in [0.15, 0.2) is 46.0 Å². The number of ether oxygens (including phenoxy) is 12. The Bertz CT molecular complexity index is 1890. The summed E-state index contributed by atoms with van der Waals surface area (Å²) < 4.78 is 72.4. The number of hydrogen-bond donors (Lipinski definition) is 0. The van der Waals surface area contributed by atoms with Crippen LogP contribution in [0.4, 0.5) is 0 Å². The second-order valence-corrected chi connectivity index (χ2v) is 20.7. The zero-order valence-corrected chi connectivity index (χ0v) is 48.0. The molecule has 0 aromatic carbocycles. The van der Waals surface area contributed by atoms with Gasteiger partial charge in [0.25, 0.3) is 0 Å². The lowest BCUT2D eigenvalue weighted by atomic mass is 10.2. The molecule has 12 heterocycles. The van der Waals surface area contributed by atoms with Gasteiger partial charge in [-0.15, -0.1) is 69.7 Å². The van der Waals surface area contributed by atoms with Crippen molar-refractivity contribution in [1.82, 2.24) is 0 Å². The molecule has 0 N–H and O–H groups in total. The van der Waals surface area contributed by atoms with Crippen LogP contribution in [0.5, 0.6) is 23.0 Å². The first-order valence-corrected chi connectivity index (χ1v) is 31.4. The largest absolute Gasteiger partial charge is 0.493 e. The average Bonchev–Trinajstić information content (AvgIpc) is 4.27. The summed E-state index contributed by atoms with van der Waals surface area (Å²) in [4.78, 5) is 4.66. The van der Waals surface area contributed by atoms with E-state index in [4.69, 9.17) is 56.8 Å². The van der Waals surface area contributed by atoms with Crippen molar-refractivity contribution in [3.8, 4) is 23.0 Å². The summed E-state index contributed by atoms with van der Waals surface area (Å²) in [5.41, 5.74) is 0. The quantitative estimate of drug-likeness (QED) is 0.289. The molecule has 2 aromatic rings. The molecule has 12 nitrogen and oxygen atoms in total. The normalized spacial score (nSPS) is 24.1. The lowest BCUT2D eigenvalue weighted by Crippen LogP contribution is -2.17. The SMILES string of the molecule is C1COC2=C(CSC2c2sc(C3SCC4=C3OCCO4)c3c2OCCO3)O1.C1COC2=C(OC1)C(c1sc(C3SCC4=C3OCCCO4)c3c1OCCCO3)SC2.CC.CC.CC.CC.CC.CC. The van der Waals surface area contributed by atoms with Gasteiger partial charge >= 0.3 is 0 Å². The summed E-state index contributed by atoms with van der Waals surface area (Å²) in [5, 5.41) is 0.410. The topological polar surface area (TPSA) is 111 Å². The van der Waals surface area contributed by atoms with Crippen molar-refractivity contribution in [3.63, 3.8) is 0 Å². The fraction of sp³-hybridized carbons (Fsp3) is 0.686. The molecule has 2 aromatic heterocycles. The maximum absolute atomic E-state index is 6.26. The van der Waals surface area contributed by atoms with Crippen LogP contribution in [0.25, 0.3) is 0 Å².